The van der Waals surface area contributed by atoms with Crippen LogP contribution in [0.2, 0.25) is 0 Å². The van der Waals surface area contributed by atoms with Crippen LogP contribution in [0.4, 0.5) is 0 Å². The van der Waals surface area contributed by atoms with Crippen molar-refractivity contribution in [2.24, 2.45) is 0 Å². The number of fused-ring (bicyclic) bond motifs is 1. The molecule has 0 aliphatic rings. The number of nitrogens with one attached hydrogen (secondary N) is 1. The van der Waals surface area contributed by atoms with Gasteiger partial charge in [-0.1, -0.05) is 61.5 Å². The number of carbonyl (C=O) groups is 2. The van der Waals surface area contributed by atoms with Crippen LogP contribution < -0.4 is 10.1 Å². The molecule has 0 aliphatic heterocycles. The lowest BCUT2D eigenvalue weighted by Crippen LogP contribution is -2.53. The van der Waals surface area contributed by atoms with E-state index in [-0.39, 0.29) is 17.4 Å². The fourth-order valence-electron chi connectivity index (χ4n) is 4.20. The molecule has 0 fully saturated rings. The number of benzene rings is 3. The van der Waals surface area contributed by atoms with E-state index in [9.17, 15) is 9.59 Å². The van der Waals surface area contributed by atoms with Gasteiger partial charge >= 0.3 is 0 Å². The van der Waals surface area contributed by atoms with Crippen molar-refractivity contribution in [3.8, 4) is 5.75 Å². The van der Waals surface area contributed by atoms with E-state index in [0.29, 0.717) is 25.8 Å². The van der Waals surface area contributed by atoms with E-state index in [1.807, 2.05) is 70.2 Å². The number of rotatable bonds is 9. The summed E-state index contributed by atoms with van der Waals surface area (Å²) in [4.78, 5) is 28.5. The predicted molar refractivity (Wildman–Crippen MR) is 138 cm³/mol. The smallest absolute Gasteiger partial charge is 0.243 e. The standard InChI is InChI=1S/C29H36N2O3/c1-6-26(28(33)30-29(2,3)4)31(20-21-14-17-24(34-5)18-15-21)27(32)19-16-23-12-9-11-22-10-7-8-13-25(22)23/h7-15,17-18,26H,6,16,19-20H2,1-5H3,(H,30,33)/t26-/m1/s1. The van der Waals surface area contributed by atoms with Gasteiger partial charge in [-0.05, 0) is 67.6 Å². The van der Waals surface area contributed by atoms with E-state index in [0.717, 1.165) is 22.3 Å². The van der Waals surface area contributed by atoms with Crippen molar-refractivity contribution in [2.75, 3.05) is 7.11 Å². The molecule has 0 aromatic heterocycles. The average molecular weight is 461 g/mol. The topological polar surface area (TPSA) is 58.6 Å². The highest BCUT2D eigenvalue weighted by molar-refractivity contribution is 5.89. The molecule has 1 atom stereocenters. The minimum Gasteiger partial charge on any atom is -0.497 e. The summed E-state index contributed by atoms with van der Waals surface area (Å²) < 4.78 is 5.26. The van der Waals surface area contributed by atoms with Crippen LogP contribution in [0.3, 0.4) is 0 Å². The van der Waals surface area contributed by atoms with Gasteiger partial charge in [-0.25, -0.2) is 0 Å². The Hall–Kier alpha value is -3.34. The monoisotopic (exact) mass is 460 g/mol. The lowest BCUT2D eigenvalue weighted by molar-refractivity contribution is -0.142. The van der Waals surface area contributed by atoms with Gasteiger partial charge in [0.2, 0.25) is 11.8 Å². The highest BCUT2D eigenvalue weighted by Crippen LogP contribution is 2.22. The summed E-state index contributed by atoms with van der Waals surface area (Å²) in [7, 11) is 1.63. The number of amides is 2. The Bertz CT molecular complexity index is 1110. The average Bonchev–Trinajstić information content (AvgIpc) is 2.81. The molecule has 5 nitrogen and oxygen atoms in total. The van der Waals surface area contributed by atoms with Gasteiger partial charge in [0, 0.05) is 18.5 Å². The molecule has 0 heterocycles. The molecule has 0 aliphatic carbocycles. The summed E-state index contributed by atoms with van der Waals surface area (Å²) in [5.74, 6) is 0.608. The van der Waals surface area contributed by atoms with E-state index >= 15 is 0 Å². The minimum absolute atomic E-state index is 0.0281. The van der Waals surface area contributed by atoms with Crippen molar-refractivity contribution in [2.45, 2.75) is 65.1 Å². The van der Waals surface area contributed by atoms with Crippen LogP contribution in [0, 0.1) is 0 Å². The van der Waals surface area contributed by atoms with Crippen molar-refractivity contribution in [1.82, 2.24) is 10.2 Å². The third kappa shape index (κ3) is 6.60. The minimum atomic E-state index is -0.540. The first-order chi connectivity index (χ1) is 16.2. The summed E-state index contributed by atoms with van der Waals surface area (Å²) in [5.41, 5.74) is 1.73. The molecule has 0 spiro atoms. The van der Waals surface area contributed by atoms with Crippen LogP contribution in [0.15, 0.2) is 66.7 Å². The van der Waals surface area contributed by atoms with Crippen molar-refractivity contribution < 1.29 is 14.3 Å². The second kappa shape index (κ2) is 11.2. The van der Waals surface area contributed by atoms with Crippen LogP contribution in [-0.4, -0.2) is 35.4 Å². The number of ether oxygens (including phenoxy) is 1. The van der Waals surface area contributed by atoms with Gasteiger partial charge in [-0.2, -0.15) is 0 Å². The van der Waals surface area contributed by atoms with Crippen LogP contribution in [0.1, 0.15) is 51.7 Å². The maximum Gasteiger partial charge on any atom is 0.243 e. The fraction of sp³-hybridized carbons (Fsp3) is 0.379. The second-order valence-corrected chi connectivity index (χ2v) is 9.67. The first-order valence-electron chi connectivity index (χ1n) is 11.9. The maximum atomic E-state index is 13.6. The molecule has 1 N–H and O–H groups in total. The zero-order valence-corrected chi connectivity index (χ0v) is 20.9. The predicted octanol–water partition coefficient (Wildman–Crippen LogP) is 5.50. The Balaban J connectivity index is 1.84. The normalized spacial score (nSPS) is 12.3. The Kier molecular flexibility index (Phi) is 8.32. The van der Waals surface area contributed by atoms with Crippen molar-refractivity contribution in [1.29, 1.82) is 0 Å². The lowest BCUT2D eigenvalue weighted by atomic mass is 10.00. The Labute approximate surface area is 203 Å². The van der Waals surface area contributed by atoms with Crippen LogP contribution in [0.5, 0.6) is 5.75 Å². The Morgan fingerprint density at radius 3 is 2.29 bits per heavy atom. The Morgan fingerprint density at radius 2 is 1.65 bits per heavy atom. The van der Waals surface area contributed by atoms with Crippen molar-refractivity contribution >= 4 is 22.6 Å². The van der Waals surface area contributed by atoms with Gasteiger partial charge in [-0.3, -0.25) is 9.59 Å². The highest BCUT2D eigenvalue weighted by atomic mass is 16.5. The maximum absolute atomic E-state index is 13.6. The summed E-state index contributed by atoms with van der Waals surface area (Å²) in [6.07, 6.45) is 1.50. The number of methoxy groups -OCH3 is 1. The molecule has 5 heteroatoms. The Morgan fingerprint density at radius 1 is 0.971 bits per heavy atom. The number of nitrogens with zero attached hydrogens (tertiary/aromatic N) is 1. The third-order valence-electron chi connectivity index (χ3n) is 5.88. The zero-order valence-electron chi connectivity index (χ0n) is 20.9. The second-order valence-electron chi connectivity index (χ2n) is 9.67. The molecule has 0 unspecified atom stereocenters. The van der Waals surface area contributed by atoms with E-state index in [4.69, 9.17) is 4.74 Å². The molecular weight excluding hydrogens is 424 g/mol. The molecule has 0 bridgehead atoms. The van der Waals surface area contributed by atoms with E-state index in [1.54, 1.807) is 12.0 Å². The molecule has 0 saturated heterocycles. The molecule has 34 heavy (non-hydrogen) atoms. The first kappa shape index (κ1) is 25.3. The van der Waals surface area contributed by atoms with Crippen molar-refractivity contribution in [3.63, 3.8) is 0 Å². The molecule has 2 amide bonds. The molecule has 180 valence electrons. The SMILES string of the molecule is CC[C@H](C(=O)NC(C)(C)C)N(Cc1ccc(OC)cc1)C(=O)CCc1cccc2ccccc12. The summed E-state index contributed by atoms with van der Waals surface area (Å²) in [6, 6.07) is 21.5. The number of hydrogen-bond donors (Lipinski definition) is 1. The van der Waals surface area contributed by atoms with Crippen LogP contribution >= 0.6 is 0 Å². The summed E-state index contributed by atoms with van der Waals surface area (Å²) >= 11 is 0. The van der Waals surface area contributed by atoms with Gasteiger partial charge in [0.1, 0.15) is 11.8 Å². The van der Waals surface area contributed by atoms with Gasteiger partial charge in [0.05, 0.1) is 7.11 Å². The number of carbonyl (C=O) groups excluding carboxylic acids is 2. The highest BCUT2D eigenvalue weighted by Gasteiger charge is 2.30. The van der Waals surface area contributed by atoms with Gasteiger partial charge < -0.3 is 15.0 Å². The van der Waals surface area contributed by atoms with E-state index in [1.165, 1.54) is 5.39 Å². The van der Waals surface area contributed by atoms with Gasteiger partial charge in [-0.15, -0.1) is 0 Å². The van der Waals surface area contributed by atoms with E-state index in [2.05, 4.69) is 29.6 Å². The molecule has 3 rings (SSSR count). The molecule has 0 radical (unpaired) electrons. The quantitative estimate of drug-likeness (QED) is 0.458. The lowest BCUT2D eigenvalue weighted by Gasteiger charge is -2.33. The van der Waals surface area contributed by atoms with Gasteiger partial charge in [0.15, 0.2) is 0 Å². The molecule has 0 saturated carbocycles. The fourth-order valence-corrected chi connectivity index (χ4v) is 4.20. The molecule has 3 aromatic rings. The number of aryl methyl sites for hydroxylation is 1. The van der Waals surface area contributed by atoms with Crippen LogP contribution in [0.25, 0.3) is 10.8 Å². The third-order valence-corrected chi connectivity index (χ3v) is 5.88. The van der Waals surface area contributed by atoms with E-state index < -0.39 is 6.04 Å². The molecule has 3 aromatic carbocycles. The van der Waals surface area contributed by atoms with Crippen molar-refractivity contribution in [3.05, 3.63) is 77.9 Å². The largest absolute Gasteiger partial charge is 0.497 e. The number of hydrogen-bond acceptors (Lipinski definition) is 3. The van der Waals surface area contributed by atoms with Crippen LogP contribution in [-0.2, 0) is 22.6 Å². The summed E-state index contributed by atoms with van der Waals surface area (Å²) in [6.45, 7) is 8.18. The van der Waals surface area contributed by atoms with Gasteiger partial charge in [0.25, 0.3) is 0 Å². The first-order valence-corrected chi connectivity index (χ1v) is 11.9. The zero-order chi connectivity index (χ0) is 24.7. The summed E-state index contributed by atoms with van der Waals surface area (Å²) in [5, 5.41) is 5.38. The molecular formula is C29H36N2O3.